The molecule has 0 aromatic heterocycles. The van der Waals surface area contributed by atoms with Gasteiger partial charge in [-0.15, -0.1) is 0 Å². The Bertz CT molecular complexity index is 145. The summed E-state index contributed by atoms with van der Waals surface area (Å²) in [6.07, 6.45) is -1.00. The lowest BCUT2D eigenvalue weighted by Gasteiger charge is -2.05. The van der Waals surface area contributed by atoms with Gasteiger partial charge >= 0.3 is 12.1 Å². The maximum Gasteiger partial charge on any atom is 0.324 e. The van der Waals surface area contributed by atoms with E-state index in [0.717, 1.165) is 0 Å². The van der Waals surface area contributed by atoms with Crippen molar-refractivity contribution in [2.75, 3.05) is 0 Å². The minimum absolute atomic E-state index is 0.817. The Morgan fingerprint density at radius 2 is 2.10 bits per heavy atom. The van der Waals surface area contributed by atoms with E-state index in [1.54, 1.807) is 5.32 Å². The van der Waals surface area contributed by atoms with Crippen LogP contribution in [0.5, 0.6) is 0 Å². The molecule has 4 amide bonds. The van der Waals surface area contributed by atoms with Gasteiger partial charge in [0.2, 0.25) is 0 Å². The standard InChI is InChI=1S/C4H9N3O3/c1-2(8)6-4(10)7-3(5)9/h2,8H,1H3,(H4,5,6,7,9,10). The smallest absolute Gasteiger partial charge is 0.324 e. The number of aliphatic hydroxyl groups excluding tert-OH is 1. The number of primary amides is 1. The van der Waals surface area contributed by atoms with Crippen LogP contribution in [0.1, 0.15) is 6.92 Å². The quantitative estimate of drug-likeness (QED) is 0.346. The molecule has 0 aromatic rings. The number of aliphatic hydroxyl groups is 1. The number of nitrogens with one attached hydrogen (secondary N) is 2. The van der Waals surface area contributed by atoms with E-state index in [2.05, 4.69) is 5.73 Å². The van der Waals surface area contributed by atoms with Crippen LogP contribution in [0.15, 0.2) is 0 Å². The van der Waals surface area contributed by atoms with Gasteiger partial charge in [-0.3, -0.25) is 5.32 Å². The molecule has 0 aliphatic heterocycles. The van der Waals surface area contributed by atoms with Crippen molar-refractivity contribution < 1.29 is 14.7 Å². The summed E-state index contributed by atoms with van der Waals surface area (Å²) in [5.41, 5.74) is 4.58. The molecule has 0 saturated heterocycles. The lowest BCUT2D eigenvalue weighted by atomic mass is 10.6. The number of hydrogen-bond acceptors (Lipinski definition) is 3. The van der Waals surface area contributed by atoms with E-state index in [1.807, 2.05) is 5.32 Å². The van der Waals surface area contributed by atoms with Crippen molar-refractivity contribution in [3.05, 3.63) is 0 Å². The fraction of sp³-hybridized carbons (Fsp3) is 0.500. The third-order valence-corrected chi connectivity index (χ3v) is 0.577. The van der Waals surface area contributed by atoms with E-state index in [0.29, 0.717) is 0 Å². The summed E-state index contributed by atoms with van der Waals surface area (Å²) in [6, 6.07) is -1.78. The van der Waals surface area contributed by atoms with Crippen molar-refractivity contribution in [1.29, 1.82) is 0 Å². The number of nitrogens with two attached hydrogens (primary N) is 1. The number of rotatable bonds is 1. The minimum Gasteiger partial charge on any atom is -0.374 e. The molecule has 58 valence electrons. The van der Waals surface area contributed by atoms with Crippen LogP contribution in [0, 0.1) is 0 Å². The molecule has 0 radical (unpaired) electrons. The van der Waals surface area contributed by atoms with Crippen molar-refractivity contribution in [2.45, 2.75) is 13.2 Å². The van der Waals surface area contributed by atoms with Gasteiger partial charge in [0.25, 0.3) is 0 Å². The van der Waals surface area contributed by atoms with E-state index in [4.69, 9.17) is 5.11 Å². The highest BCUT2D eigenvalue weighted by Crippen LogP contribution is 1.70. The lowest BCUT2D eigenvalue weighted by Crippen LogP contribution is -2.45. The summed E-state index contributed by atoms with van der Waals surface area (Å²) < 4.78 is 0. The van der Waals surface area contributed by atoms with E-state index >= 15 is 0 Å². The van der Waals surface area contributed by atoms with Gasteiger partial charge in [0.05, 0.1) is 0 Å². The Morgan fingerprint density at radius 1 is 1.60 bits per heavy atom. The predicted molar refractivity (Wildman–Crippen MR) is 32.9 cm³/mol. The van der Waals surface area contributed by atoms with Gasteiger partial charge in [-0.1, -0.05) is 0 Å². The van der Waals surface area contributed by atoms with Gasteiger partial charge in [0.15, 0.2) is 0 Å². The number of imide groups is 1. The van der Waals surface area contributed by atoms with Crippen LogP contribution < -0.4 is 16.4 Å². The maximum atomic E-state index is 10.4. The second-order valence-corrected chi connectivity index (χ2v) is 1.64. The minimum atomic E-state index is -1.00. The van der Waals surface area contributed by atoms with Gasteiger partial charge in [-0.05, 0) is 6.92 Å². The largest absolute Gasteiger partial charge is 0.374 e. The topological polar surface area (TPSA) is 104 Å². The van der Waals surface area contributed by atoms with Crippen LogP contribution in [-0.2, 0) is 0 Å². The zero-order valence-corrected chi connectivity index (χ0v) is 5.42. The molecule has 0 aromatic carbocycles. The van der Waals surface area contributed by atoms with Crippen molar-refractivity contribution in [1.82, 2.24) is 10.6 Å². The monoisotopic (exact) mass is 147 g/mol. The predicted octanol–water partition coefficient (Wildman–Crippen LogP) is -1.30. The second-order valence-electron chi connectivity index (χ2n) is 1.64. The summed E-state index contributed by atoms with van der Waals surface area (Å²) in [5, 5.41) is 12.2. The van der Waals surface area contributed by atoms with Gasteiger partial charge in [-0.25, -0.2) is 9.59 Å². The van der Waals surface area contributed by atoms with Crippen molar-refractivity contribution in [2.24, 2.45) is 5.73 Å². The first-order valence-corrected chi connectivity index (χ1v) is 2.57. The Hall–Kier alpha value is -1.30. The van der Waals surface area contributed by atoms with Crippen LogP contribution in [0.3, 0.4) is 0 Å². The summed E-state index contributed by atoms with van der Waals surface area (Å²) in [7, 11) is 0. The van der Waals surface area contributed by atoms with E-state index in [9.17, 15) is 9.59 Å². The normalized spacial score (nSPS) is 11.8. The number of carbonyl (C=O) groups is 2. The number of hydrogen-bond donors (Lipinski definition) is 4. The third kappa shape index (κ3) is 4.85. The molecule has 0 bridgehead atoms. The number of amides is 4. The SMILES string of the molecule is CC(O)NC(=O)NC(N)=O. The average molecular weight is 147 g/mol. The summed E-state index contributed by atoms with van der Waals surface area (Å²) in [4.78, 5) is 20.3. The molecule has 0 heterocycles. The Balaban J connectivity index is 3.54. The number of carbonyl (C=O) groups excluding carboxylic acids is 2. The second kappa shape index (κ2) is 3.67. The zero-order valence-electron chi connectivity index (χ0n) is 5.42. The summed E-state index contributed by atoms with van der Waals surface area (Å²) >= 11 is 0. The summed E-state index contributed by atoms with van der Waals surface area (Å²) in [6.45, 7) is 1.33. The van der Waals surface area contributed by atoms with Crippen LogP contribution >= 0.6 is 0 Å². The Labute approximate surface area is 57.4 Å². The van der Waals surface area contributed by atoms with Gasteiger partial charge < -0.3 is 16.2 Å². The lowest BCUT2D eigenvalue weighted by molar-refractivity contribution is 0.158. The molecule has 1 atom stereocenters. The Kier molecular flexibility index (Phi) is 3.20. The van der Waals surface area contributed by atoms with Crippen molar-refractivity contribution >= 4 is 12.1 Å². The molecule has 5 N–H and O–H groups in total. The van der Waals surface area contributed by atoms with Crippen LogP contribution in [0.2, 0.25) is 0 Å². The van der Waals surface area contributed by atoms with Crippen LogP contribution in [0.25, 0.3) is 0 Å². The van der Waals surface area contributed by atoms with Gasteiger partial charge in [0, 0.05) is 0 Å². The molecule has 10 heavy (non-hydrogen) atoms. The van der Waals surface area contributed by atoms with E-state index in [1.165, 1.54) is 6.92 Å². The first kappa shape index (κ1) is 8.70. The van der Waals surface area contributed by atoms with Crippen molar-refractivity contribution in [3.63, 3.8) is 0 Å². The average Bonchev–Trinajstić information content (AvgIpc) is 1.58. The highest BCUT2D eigenvalue weighted by Gasteiger charge is 2.03. The van der Waals surface area contributed by atoms with Crippen LogP contribution in [-0.4, -0.2) is 23.4 Å². The first-order valence-electron chi connectivity index (χ1n) is 2.57. The molecular weight excluding hydrogens is 138 g/mol. The molecule has 0 aliphatic carbocycles. The van der Waals surface area contributed by atoms with Gasteiger partial charge in [0.1, 0.15) is 6.23 Å². The maximum absolute atomic E-state index is 10.4. The third-order valence-electron chi connectivity index (χ3n) is 0.577. The fourth-order valence-electron chi connectivity index (χ4n) is 0.338. The highest BCUT2D eigenvalue weighted by molar-refractivity contribution is 5.92. The summed E-state index contributed by atoms with van der Waals surface area (Å²) in [5.74, 6) is 0. The number of urea groups is 2. The van der Waals surface area contributed by atoms with Gasteiger partial charge in [-0.2, -0.15) is 0 Å². The molecule has 1 unspecified atom stereocenters. The molecule has 0 saturated carbocycles. The molecule has 0 fully saturated rings. The van der Waals surface area contributed by atoms with E-state index < -0.39 is 18.3 Å². The zero-order chi connectivity index (χ0) is 8.15. The molecule has 6 heteroatoms. The molecule has 0 aliphatic rings. The van der Waals surface area contributed by atoms with Crippen molar-refractivity contribution in [3.8, 4) is 0 Å². The molecule has 6 nitrogen and oxygen atoms in total. The first-order chi connectivity index (χ1) is 4.52. The van der Waals surface area contributed by atoms with E-state index in [-0.39, 0.29) is 0 Å². The van der Waals surface area contributed by atoms with Crippen LogP contribution in [0.4, 0.5) is 9.59 Å². The molecule has 0 rings (SSSR count). The Morgan fingerprint density at radius 3 is 2.40 bits per heavy atom. The molecular formula is C4H9N3O3. The fourth-order valence-corrected chi connectivity index (χ4v) is 0.338. The highest BCUT2D eigenvalue weighted by atomic mass is 16.3. The molecule has 0 spiro atoms.